The van der Waals surface area contributed by atoms with E-state index in [1.165, 1.54) is 9.80 Å². The van der Waals surface area contributed by atoms with Gasteiger partial charge in [-0.05, 0) is 31.5 Å². The second kappa shape index (κ2) is 8.58. The van der Waals surface area contributed by atoms with Crippen LogP contribution in [0.25, 0.3) is 0 Å². The molecule has 9 nitrogen and oxygen atoms in total. The summed E-state index contributed by atoms with van der Waals surface area (Å²) in [5.74, 6) is 0.0106. The van der Waals surface area contributed by atoms with Gasteiger partial charge >= 0.3 is 12.1 Å². The van der Waals surface area contributed by atoms with Gasteiger partial charge in [0, 0.05) is 50.5 Å². The van der Waals surface area contributed by atoms with Gasteiger partial charge in [-0.1, -0.05) is 12.1 Å². The Morgan fingerprint density at radius 3 is 2.14 bits per heavy atom. The number of benzene rings is 1. The summed E-state index contributed by atoms with van der Waals surface area (Å²) in [5, 5.41) is 12.1. The Morgan fingerprint density at radius 2 is 1.62 bits per heavy atom. The maximum absolute atomic E-state index is 12.3. The lowest BCUT2D eigenvalue weighted by molar-refractivity contribution is 0.0381. The normalized spacial score (nSPS) is 24.9. The molecule has 2 aliphatic heterocycles. The van der Waals surface area contributed by atoms with E-state index in [0.29, 0.717) is 25.3 Å². The molecule has 10 heteroatoms. The topological polar surface area (TPSA) is 110 Å². The molecule has 0 spiro atoms. The number of piperazine rings is 1. The van der Waals surface area contributed by atoms with E-state index in [1.807, 2.05) is 38.1 Å². The van der Waals surface area contributed by atoms with Crippen molar-refractivity contribution in [2.24, 2.45) is 0 Å². The van der Waals surface area contributed by atoms with E-state index in [4.69, 9.17) is 0 Å². The number of nitrogens with zero attached hydrogens (tertiary/aromatic N) is 3. The van der Waals surface area contributed by atoms with Crippen LogP contribution in [-0.4, -0.2) is 90.1 Å². The predicted octanol–water partition coefficient (Wildman–Crippen LogP) is 1.52. The van der Waals surface area contributed by atoms with Gasteiger partial charge in [-0.25, -0.2) is 18.0 Å². The molecule has 2 heterocycles. The van der Waals surface area contributed by atoms with Crippen LogP contribution in [0.15, 0.2) is 24.3 Å². The molecule has 29 heavy (non-hydrogen) atoms. The molecule has 0 radical (unpaired) electrons. The molecule has 0 saturated carbocycles. The van der Waals surface area contributed by atoms with Gasteiger partial charge in [0.2, 0.25) is 0 Å². The predicted molar refractivity (Wildman–Crippen MR) is 110 cm³/mol. The maximum atomic E-state index is 12.3. The van der Waals surface area contributed by atoms with Gasteiger partial charge < -0.3 is 20.2 Å². The van der Waals surface area contributed by atoms with E-state index in [-0.39, 0.29) is 42.7 Å². The number of nitrogens with one attached hydrogen (secondary N) is 1. The quantitative estimate of drug-likeness (QED) is 0.761. The molecule has 0 unspecified atom stereocenters. The summed E-state index contributed by atoms with van der Waals surface area (Å²) >= 11 is 0. The largest absolute Gasteiger partial charge is 0.465 e. The van der Waals surface area contributed by atoms with Crippen LogP contribution in [0.5, 0.6) is 0 Å². The standard InChI is InChI=1S/C19H28N4O5S/c1-14-11-21(12-15(2)23(14)19(25)26)13-16-3-5-17(6-4-16)20-18(24)22-7-9-29(27,28)10-8-22/h3-6,14-15H,7-13H2,1-2H3,(H,20,24)(H,25,26)/t14-,15+. The van der Waals surface area contributed by atoms with Gasteiger partial charge in [0.05, 0.1) is 11.5 Å². The van der Waals surface area contributed by atoms with Gasteiger partial charge in [0.25, 0.3) is 0 Å². The molecule has 0 bridgehead atoms. The number of amides is 3. The van der Waals surface area contributed by atoms with Crippen molar-refractivity contribution in [3.63, 3.8) is 0 Å². The Bertz CT molecular complexity index is 832. The second-order valence-electron chi connectivity index (χ2n) is 7.85. The minimum atomic E-state index is -3.02. The number of carboxylic acid groups (broad SMARTS) is 1. The number of urea groups is 1. The van der Waals surface area contributed by atoms with E-state index in [9.17, 15) is 23.1 Å². The number of anilines is 1. The van der Waals surface area contributed by atoms with Gasteiger partial charge in [0.1, 0.15) is 0 Å². The molecule has 0 aromatic heterocycles. The highest BCUT2D eigenvalue weighted by atomic mass is 32.2. The molecule has 2 atom stereocenters. The van der Waals surface area contributed by atoms with Gasteiger partial charge in [0.15, 0.2) is 9.84 Å². The third kappa shape index (κ3) is 5.39. The molecular weight excluding hydrogens is 396 g/mol. The Hall–Kier alpha value is -2.33. The van der Waals surface area contributed by atoms with Gasteiger partial charge in [-0.3, -0.25) is 4.90 Å². The van der Waals surface area contributed by atoms with E-state index < -0.39 is 15.9 Å². The van der Waals surface area contributed by atoms with E-state index in [2.05, 4.69) is 10.2 Å². The fraction of sp³-hybridized carbons (Fsp3) is 0.579. The fourth-order valence-corrected chi connectivity index (χ4v) is 5.21. The van der Waals surface area contributed by atoms with Crippen LogP contribution in [0.1, 0.15) is 19.4 Å². The van der Waals surface area contributed by atoms with Crippen LogP contribution < -0.4 is 5.32 Å². The summed E-state index contributed by atoms with van der Waals surface area (Å²) in [6.45, 7) is 6.32. The first kappa shape index (κ1) is 21.4. The summed E-state index contributed by atoms with van der Waals surface area (Å²) in [6.07, 6.45) is -0.879. The highest BCUT2D eigenvalue weighted by Crippen LogP contribution is 2.19. The Morgan fingerprint density at radius 1 is 1.07 bits per heavy atom. The summed E-state index contributed by atoms with van der Waals surface area (Å²) in [4.78, 5) is 28.9. The second-order valence-corrected chi connectivity index (χ2v) is 10.2. The fourth-order valence-electron chi connectivity index (χ4n) is 4.01. The molecule has 2 aliphatic rings. The van der Waals surface area contributed by atoms with Crippen molar-refractivity contribution in [3.05, 3.63) is 29.8 Å². The third-order valence-corrected chi connectivity index (χ3v) is 7.07. The Balaban J connectivity index is 1.53. The van der Waals surface area contributed by atoms with Crippen molar-refractivity contribution in [1.29, 1.82) is 0 Å². The van der Waals surface area contributed by atoms with Gasteiger partial charge in [-0.15, -0.1) is 0 Å². The van der Waals surface area contributed by atoms with Crippen LogP contribution in [-0.2, 0) is 16.4 Å². The average Bonchev–Trinajstić information content (AvgIpc) is 2.62. The van der Waals surface area contributed by atoms with Gasteiger partial charge in [-0.2, -0.15) is 0 Å². The molecule has 1 aromatic carbocycles. The van der Waals surface area contributed by atoms with E-state index in [0.717, 1.165) is 5.56 Å². The number of hydrogen-bond donors (Lipinski definition) is 2. The lowest BCUT2D eigenvalue weighted by atomic mass is 10.1. The van der Waals surface area contributed by atoms with Crippen LogP contribution in [0, 0.1) is 0 Å². The molecule has 3 amide bonds. The number of carbonyl (C=O) groups is 2. The Kier molecular flexibility index (Phi) is 6.33. The SMILES string of the molecule is C[C@@H]1CN(Cc2ccc(NC(=O)N3CCS(=O)(=O)CC3)cc2)C[C@H](C)N1C(=O)O. The number of rotatable bonds is 3. The summed E-state index contributed by atoms with van der Waals surface area (Å²) in [6, 6.07) is 7.11. The summed E-state index contributed by atoms with van der Waals surface area (Å²) in [7, 11) is -3.02. The highest BCUT2D eigenvalue weighted by molar-refractivity contribution is 7.91. The highest BCUT2D eigenvalue weighted by Gasteiger charge is 2.32. The average molecular weight is 425 g/mol. The molecule has 0 aliphatic carbocycles. The molecular formula is C19H28N4O5S. The van der Waals surface area contributed by atoms with Crippen molar-refractivity contribution in [1.82, 2.24) is 14.7 Å². The monoisotopic (exact) mass is 424 g/mol. The van der Waals surface area contributed by atoms with Crippen LogP contribution in [0.3, 0.4) is 0 Å². The van der Waals surface area contributed by atoms with E-state index in [1.54, 1.807) is 0 Å². The minimum absolute atomic E-state index is 0.00530. The summed E-state index contributed by atoms with van der Waals surface area (Å²) < 4.78 is 23.0. The molecule has 2 fully saturated rings. The van der Waals surface area contributed by atoms with Crippen molar-refractivity contribution in [2.75, 3.05) is 43.0 Å². The molecule has 1 aromatic rings. The molecule has 2 saturated heterocycles. The maximum Gasteiger partial charge on any atom is 0.407 e. The third-order valence-electron chi connectivity index (χ3n) is 5.46. The summed E-state index contributed by atoms with van der Waals surface area (Å²) in [5.41, 5.74) is 1.74. The molecule has 2 N–H and O–H groups in total. The minimum Gasteiger partial charge on any atom is -0.465 e. The van der Waals surface area contributed by atoms with Crippen molar-refractivity contribution < 1.29 is 23.1 Å². The first-order valence-corrected chi connectivity index (χ1v) is 11.6. The zero-order valence-electron chi connectivity index (χ0n) is 16.7. The number of sulfone groups is 1. The first-order valence-electron chi connectivity index (χ1n) is 9.73. The molecule has 3 rings (SSSR count). The van der Waals surface area contributed by atoms with E-state index >= 15 is 0 Å². The zero-order valence-corrected chi connectivity index (χ0v) is 17.6. The van der Waals surface area contributed by atoms with Crippen molar-refractivity contribution in [2.45, 2.75) is 32.5 Å². The Labute approximate surface area is 171 Å². The lowest BCUT2D eigenvalue weighted by Gasteiger charge is -2.42. The first-order chi connectivity index (χ1) is 13.6. The smallest absolute Gasteiger partial charge is 0.407 e. The van der Waals surface area contributed by atoms with Crippen molar-refractivity contribution >= 4 is 27.6 Å². The van der Waals surface area contributed by atoms with Crippen molar-refractivity contribution in [3.8, 4) is 0 Å². The number of hydrogen-bond acceptors (Lipinski definition) is 5. The zero-order chi connectivity index (χ0) is 21.2. The van der Waals surface area contributed by atoms with Crippen LogP contribution in [0.2, 0.25) is 0 Å². The number of carbonyl (C=O) groups excluding carboxylic acids is 1. The molecule has 160 valence electrons. The lowest BCUT2D eigenvalue weighted by Crippen LogP contribution is -2.57. The van der Waals surface area contributed by atoms with Crippen LogP contribution >= 0.6 is 0 Å². The van der Waals surface area contributed by atoms with Crippen LogP contribution in [0.4, 0.5) is 15.3 Å².